The standard InChI is InChI=1S/C43H27N5/c1-3-12-28(13-4-1)41-33-17-7-9-18-36(33)45-43(46-41)48-37-19-10-8-16-32(37)35-26-29(22-24-38(35)48)30-21-23-34-40(27-30)47(31-14-5-2-6-15-31)39-20-11-25-44-42(34)39/h1-27H. The molecule has 0 saturated heterocycles. The molecule has 10 aromatic rings. The van der Waals surface area contributed by atoms with Gasteiger partial charge in [0.25, 0.3) is 0 Å². The predicted octanol–water partition coefficient (Wildman–Crippen LogP) is 10.6. The molecule has 0 saturated carbocycles. The minimum atomic E-state index is 0.660. The van der Waals surface area contributed by atoms with Crippen LogP contribution in [0, 0.1) is 0 Å². The highest BCUT2D eigenvalue weighted by Gasteiger charge is 2.19. The number of aromatic nitrogens is 5. The fraction of sp³-hybridized carbons (Fsp3) is 0. The zero-order valence-corrected chi connectivity index (χ0v) is 25.8. The van der Waals surface area contributed by atoms with Gasteiger partial charge in [0.2, 0.25) is 5.95 Å². The van der Waals surface area contributed by atoms with E-state index >= 15 is 0 Å². The molecule has 224 valence electrons. The van der Waals surface area contributed by atoms with Gasteiger partial charge in [0, 0.05) is 39.0 Å². The number of hydrogen-bond acceptors (Lipinski definition) is 3. The Hall–Kier alpha value is -6.59. The fourth-order valence-corrected chi connectivity index (χ4v) is 7.21. The number of pyridine rings is 1. The monoisotopic (exact) mass is 613 g/mol. The van der Waals surface area contributed by atoms with E-state index in [1.165, 1.54) is 0 Å². The van der Waals surface area contributed by atoms with Crippen LogP contribution in [0.5, 0.6) is 0 Å². The SMILES string of the molecule is c1ccc(-c2nc(-n3c4ccccc4c4cc(-c5ccc6c7ncccc7n(-c7ccccc7)c6c5)ccc43)nc3ccccc23)cc1. The maximum atomic E-state index is 5.23. The van der Waals surface area contributed by atoms with Crippen LogP contribution in [-0.2, 0) is 0 Å². The molecule has 6 aromatic carbocycles. The van der Waals surface area contributed by atoms with Crippen LogP contribution in [0.25, 0.3) is 88.7 Å². The highest BCUT2D eigenvalue weighted by molar-refractivity contribution is 6.11. The van der Waals surface area contributed by atoms with Gasteiger partial charge in [0.15, 0.2) is 0 Å². The third kappa shape index (κ3) is 4.01. The molecule has 0 fully saturated rings. The molecule has 0 unspecified atom stereocenters. The Kier molecular flexibility index (Phi) is 5.81. The molecule has 10 rings (SSSR count). The van der Waals surface area contributed by atoms with E-state index < -0.39 is 0 Å². The quantitative estimate of drug-likeness (QED) is 0.198. The molecular weight excluding hydrogens is 587 g/mol. The number of hydrogen-bond donors (Lipinski definition) is 0. The van der Waals surface area contributed by atoms with Gasteiger partial charge in [-0.15, -0.1) is 0 Å². The average Bonchev–Trinajstić information content (AvgIpc) is 3.67. The zero-order chi connectivity index (χ0) is 31.6. The first-order valence-electron chi connectivity index (χ1n) is 16.1. The van der Waals surface area contributed by atoms with Crippen molar-refractivity contribution in [3.05, 3.63) is 164 Å². The number of fused-ring (bicyclic) bond motifs is 7. The lowest BCUT2D eigenvalue weighted by molar-refractivity contribution is 1.01. The maximum absolute atomic E-state index is 5.23. The van der Waals surface area contributed by atoms with Gasteiger partial charge >= 0.3 is 0 Å². The molecule has 48 heavy (non-hydrogen) atoms. The van der Waals surface area contributed by atoms with E-state index in [-0.39, 0.29) is 0 Å². The summed E-state index contributed by atoms with van der Waals surface area (Å²) in [7, 11) is 0. The Labute approximate surface area is 276 Å². The molecule has 0 atom stereocenters. The summed E-state index contributed by atoms with van der Waals surface area (Å²) in [5.74, 6) is 0.660. The molecule has 0 aliphatic carbocycles. The number of para-hydroxylation sites is 3. The summed E-state index contributed by atoms with van der Waals surface area (Å²) < 4.78 is 4.52. The van der Waals surface area contributed by atoms with Crippen molar-refractivity contribution in [2.75, 3.05) is 0 Å². The van der Waals surface area contributed by atoms with Gasteiger partial charge in [-0.3, -0.25) is 9.55 Å². The smallest absolute Gasteiger partial charge is 0.235 e. The maximum Gasteiger partial charge on any atom is 0.235 e. The number of benzene rings is 6. The number of nitrogens with zero attached hydrogens (tertiary/aromatic N) is 5. The first-order valence-corrected chi connectivity index (χ1v) is 16.1. The van der Waals surface area contributed by atoms with Crippen LogP contribution in [0.4, 0.5) is 0 Å². The molecule has 0 N–H and O–H groups in total. The molecule has 5 heteroatoms. The second-order valence-corrected chi connectivity index (χ2v) is 12.1. The summed E-state index contributed by atoms with van der Waals surface area (Å²) in [6.07, 6.45) is 1.87. The van der Waals surface area contributed by atoms with E-state index in [9.17, 15) is 0 Å². The summed E-state index contributed by atoms with van der Waals surface area (Å²) >= 11 is 0. The molecule has 0 aliphatic rings. The second kappa shape index (κ2) is 10.5. The first kappa shape index (κ1) is 26.6. The Bertz CT molecular complexity index is 2830. The van der Waals surface area contributed by atoms with E-state index in [1.54, 1.807) is 0 Å². The minimum Gasteiger partial charge on any atom is -0.308 e. The van der Waals surface area contributed by atoms with E-state index in [2.05, 4.69) is 143 Å². The van der Waals surface area contributed by atoms with Crippen molar-refractivity contribution in [2.24, 2.45) is 0 Å². The van der Waals surface area contributed by atoms with Crippen LogP contribution in [0.1, 0.15) is 0 Å². The van der Waals surface area contributed by atoms with Crippen molar-refractivity contribution >= 4 is 54.6 Å². The minimum absolute atomic E-state index is 0.660. The second-order valence-electron chi connectivity index (χ2n) is 12.1. The normalized spacial score (nSPS) is 11.8. The van der Waals surface area contributed by atoms with Crippen LogP contribution >= 0.6 is 0 Å². The number of rotatable bonds is 4. The van der Waals surface area contributed by atoms with Crippen molar-refractivity contribution in [1.82, 2.24) is 24.1 Å². The summed E-state index contributed by atoms with van der Waals surface area (Å²) in [6, 6.07) is 55.3. The van der Waals surface area contributed by atoms with E-state index in [1.807, 2.05) is 30.5 Å². The van der Waals surface area contributed by atoms with Crippen LogP contribution in [-0.4, -0.2) is 24.1 Å². The van der Waals surface area contributed by atoms with Gasteiger partial charge in [-0.25, -0.2) is 9.97 Å². The Morgan fingerprint density at radius 1 is 0.396 bits per heavy atom. The summed E-state index contributed by atoms with van der Waals surface area (Å²) in [5, 5.41) is 4.50. The van der Waals surface area contributed by atoms with Gasteiger partial charge in [0.05, 0.1) is 38.8 Å². The van der Waals surface area contributed by atoms with Gasteiger partial charge in [-0.2, -0.15) is 0 Å². The Morgan fingerprint density at radius 2 is 1.08 bits per heavy atom. The van der Waals surface area contributed by atoms with Gasteiger partial charge in [-0.1, -0.05) is 97.1 Å². The molecule has 0 aliphatic heterocycles. The van der Waals surface area contributed by atoms with Crippen molar-refractivity contribution in [1.29, 1.82) is 0 Å². The fourth-order valence-electron chi connectivity index (χ4n) is 7.21. The highest BCUT2D eigenvalue weighted by Crippen LogP contribution is 2.38. The van der Waals surface area contributed by atoms with Crippen LogP contribution in [0.2, 0.25) is 0 Å². The third-order valence-corrected chi connectivity index (χ3v) is 9.38. The van der Waals surface area contributed by atoms with Crippen molar-refractivity contribution in [3.8, 4) is 34.0 Å². The average molecular weight is 614 g/mol. The van der Waals surface area contributed by atoms with Crippen molar-refractivity contribution in [3.63, 3.8) is 0 Å². The first-order chi connectivity index (χ1) is 23.8. The Morgan fingerprint density at radius 3 is 1.96 bits per heavy atom. The highest BCUT2D eigenvalue weighted by atomic mass is 15.2. The largest absolute Gasteiger partial charge is 0.308 e. The van der Waals surface area contributed by atoms with E-state index in [0.717, 1.165) is 82.7 Å². The Balaban J connectivity index is 1.20. The van der Waals surface area contributed by atoms with E-state index in [0.29, 0.717) is 5.95 Å². The molecule has 4 aromatic heterocycles. The molecule has 5 nitrogen and oxygen atoms in total. The lowest BCUT2D eigenvalue weighted by atomic mass is 10.0. The third-order valence-electron chi connectivity index (χ3n) is 9.38. The summed E-state index contributed by atoms with van der Waals surface area (Å²) in [5.41, 5.74) is 11.7. The molecule has 0 spiro atoms. The van der Waals surface area contributed by atoms with Crippen molar-refractivity contribution < 1.29 is 0 Å². The van der Waals surface area contributed by atoms with Crippen LogP contribution in [0.3, 0.4) is 0 Å². The van der Waals surface area contributed by atoms with Gasteiger partial charge in [-0.05, 0) is 71.8 Å². The molecule has 0 radical (unpaired) electrons. The molecule has 0 bridgehead atoms. The van der Waals surface area contributed by atoms with Crippen LogP contribution < -0.4 is 0 Å². The molecular formula is C43H27N5. The van der Waals surface area contributed by atoms with Crippen molar-refractivity contribution in [2.45, 2.75) is 0 Å². The summed E-state index contributed by atoms with van der Waals surface area (Å²) in [4.78, 5) is 15.1. The zero-order valence-electron chi connectivity index (χ0n) is 25.8. The molecule has 4 heterocycles. The van der Waals surface area contributed by atoms with E-state index in [4.69, 9.17) is 15.0 Å². The van der Waals surface area contributed by atoms with Crippen LogP contribution in [0.15, 0.2) is 164 Å². The van der Waals surface area contributed by atoms with Gasteiger partial charge < -0.3 is 4.57 Å². The van der Waals surface area contributed by atoms with Gasteiger partial charge in [0.1, 0.15) is 0 Å². The topological polar surface area (TPSA) is 48.5 Å². The predicted molar refractivity (Wildman–Crippen MR) is 197 cm³/mol. The lowest BCUT2D eigenvalue weighted by Gasteiger charge is -2.12. The molecule has 0 amide bonds. The summed E-state index contributed by atoms with van der Waals surface area (Å²) in [6.45, 7) is 0. The lowest BCUT2D eigenvalue weighted by Crippen LogP contribution is -2.03.